The molecule has 0 radical (unpaired) electrons. The van der Waals surface area contributed by atoms with Crippen LogP contribution < -0.4 is 5.73 Å². The first-order chi connectivity index (χ1) is 4.63. The Labute approximate surface area is 64.0 Å². The van der Waals surface area contributed by atoms with Gasteiger partial charge in [-0.2, -0.15) is 0 Å². The van der Waals surface area contributed by atoms with Gasteiger partial charge in [-0.3, -0.25) is 0 Å². The SMILES string of the molecule is CC1(C)CCCCCC1N. The molecule has 1 atom stereocenters. The summed E-state index contributed by atoms with van der Waals surface area (Å²) in [6.07, 6.45) is 6.64. The zero-order valence-electron chi connectivity index (χ0n) is 7.19. The molecule has 0 saturated heterocycles. The van der Waals surface area contributed by atoms with Crippen molar-refractivity contribution in [3.8, 4) is 0 Å². The van der Waals surface area contributed by atoms with E-state index in [0.717, 1.165) is 0 Å². The van der Waals surface area contributed by atoms with Crippen LogP contribution in [-0.4, -0.2) is 6.04 Å². The van der Waals surface area contributed by atoms with Crippen LogP contribution in [0.1, 0.15) is 46.0 Å². The fraction of sp³-hybridized carbons (Fsp3) is 1.00. The van der Waals surface area contributed by atoms with E-state index in [1.54, 1.807) is 0 Å². The third kappa shape index (κ3) is 1.72. The highest BCUT2D eigenvalue weighted by Gasteiger charge is 2.27. The highest BCUT2D eigenvalue weighted by atomic mass is 14.7. The molecule has 0 aromatic carbocycles. The molecule has 0 spiro atoms. The van der Waals surface area contributed by atoms with Crippen LogP contribution in [0.3, 0.4) is 0 Å². The highest BCUT2D eigenvalue weighted by molar-refractivity contribution is 4.83. The average Bonchev–Trinajstić information content (AvgIpc) is 1.96. The molecule has 1 heteroatoms. The molecule has 1 rings (SSSR count). The van der Waals surface area contributed by atoms with Gasteiger partial charge in [0.2, 0.25) is 0 Å². The second-order valence-electron chi connectivity index (χ2n) is 4.19. The van der Waals surface area contributed by atoms with E-state index in [2.05, 4.69) is 13.8 Å². The summed E-state index contributed by atoms with van der Waals surface area (Å²) >= 11 is 0. The van der Waals surface area contributed by atoms with Crippen LogP contribution in [0.25, 0.3) is 0 Å². The van der Waals surface area contributed by atoms with Gasteiger partial charge >= 0.3 is 0 Å². The third-order valence-corrected chi connectivity index (χ3v) is 2.84. The highest BCUT2D eigenvalue weighted by Crippen LogP contribution is 2.32. The number of hydrogen-bond acceptors (Lipinski definition) is 1. The lowest BCUT2D eigenvalue weighted by Gasteiger charge is -2.29. The molecule has 10 heavy (non-hydrogen) atoms. The minimum atomic E-state index is 0.399. The molecule has 1 saturated carbocycles. The van der Waals surface area contributed by atoms with Crippen LogP contribution in [0.15, 0.2) is 0 Å². The van der Waals surface area contributed by atoms with Crippen molar-refractivity contribution in [2.24, 2.45) is 11.1 Å². The van der Waals surface area contributed by atoms with Gasteiger partial charge in [0.15, 0.2) is 0 Å². The van der Waals surface area contributed by atoms with Gasteiger partial charge in [-0.15, -0.1) is 0 Å². The molecule has 0 aromatic rings. The van der Waals surface area contributed by atoms with E-state index < -0.39 is 0 Å². The van der Waals surface area contributed by atoms with Crippen LogP contribution in [0.2, 0.25) is 0 Å². The van der Waals surface area contributed by atoms with Crippen molar-refractivity contribution >= 4 is 0 Å². The second kappa shape index (κ2) is 2.91. The Morgan fingerprint density at radius 3 is 2.60 bits per heavy atom. The molecule has 1 nitrogen and oxygen atoms in total. The lowest BCUT2D eigenvalue weighted by molar-refractivity contribution is 0.266. The van der Waals surface area contributed by atoms with E-state index in [1.807, 2.05) is 0 Å². The summed E-state index contributed by atoms with van der Waals surface area (Å²) in [6, 6.07) is 0.440. The molecular weight excluding hydrogens is 122 g/mol. The fourth-order valence-electron chi connectivity index (χ4n) is 1.70. The molecule has 1 unspecified atom stereocenters. The molecule has 0 aromatic heterocycles. The molecule has 1 aliphatic carbocycles. The zero-order valence-corrected chi connectivity index (χ0v) is 7.19. The van der Waals surface area contributed by atoms with Crippen molar-refractivity contribution in [2.75, 3.05) is 0 Å². The minimum Gasteiger partial charge on any atom is -0.327 e. The summed E-state index contributed by atoms with van der Waals surface area (Å²) in [5, 5.41) is 0. The standard InChI is InChI=1S/C9H19N/c1-9(2)7-5-3-4-6-8(9)10/h8H,3-7,10H2,1-2H3. The van der Waals surface area contributed by atoms with Crippen molar-refractivity contribution in [1.29, 1.82) is 0 Å². The summed E-state index contributed by atoms with van der Waals surface area (Å²) in [5.74, 6) is 0. The van der Waals surface area contributed by atoms with E-state index in [-0.39, 0.29) is 0 Å². The summed E-state index contributed by atoms with van der Waals surface area (Å²) in [7, 11) is 0. The van der Waals surface area contributed by atoms with Crippen LogP contribution in [-0.2, 0) is 0 Å². The minimum absolute atomic E-state index is 0.399. The summed E-state index contributed by atoms with van der Waals surface area (Å²) in [5.41, 5.74) is 6.41. The molecule has 0 heterocycles. The molecule has 2 N–H and O–H groups in total. The Morgan fingerprint density at radius 1 is 1.20 bits per heavy atom. The Bertz CT molecular complexity index is 107. The normalized spacial score (nSPS) is 33.3. The first-order valence-corrected chi connectivity index (χ1v) is 4.38. The molecule has 1 aliphatic rings. The maximum Gasteiger partial charge on any atom is 0.00902 e. The first-order valence-electron chi connectivity index (χ1n) is 4.38. The Balaban J connectivity index is 2.52. The second-order valence-corrected chi connectivity index (χ2v) is 4.19. The maximum atomic E-state index is 6.01. The zero-order chi connectivity index (χ0) is 7.61. The predicted molar refractivity (Wildman–Crippen MR) is 44.8 cm³/mol. The lowest BCUT2D eigenvalue weighted by atomic mass is 9.81. The molecule has 0 amide bonds. The Hall–Kier alpha value is -0.0400. The van der Waals surface area contributed by atoms with Crippen molar-refractivity contribution in [3.05, 3.63) is 0 Å². The lowest BCUT2D eigenvalue weighted by Crippen LogP contribution is -2.35. The van der Waals surface area contributed by atoms with Crippen molar-refractivity contribution in [1.82, 2.24) is 0 Å². The molecule has 0 aliphatic heterocycles. The van der Waals surface area contributed by atoms with E-state index in [9.17, 15) is 0 Å². The predicted octanol–water partition coefficient (Wildman–Crippen LogP) is 2.30. The van der Waals surface area contributed by atoms with Gasteiger partial charge in [-0.1, -0.05) is 33.1 Å². The Morgan fingerprint density at radius 2 is 1.90 bits per heavy atom. The summed E-state index contributed by atoms with van der Waals surface area (Å²) < 4.78 is 0. The van der Waals surface area contributed by atoms with Crippen LogP contribution in [0.4, 0.5) is 0 Å². The summed E-state index contributed by atoms with van der Waals surface area (Å²) in [6.45, 7) is 4.59. The van der Waals surface area contributed by atoms with E-state index in [4.69, 9.17) is 5.73 Å². The topological polar surface area (TPSA) is 26.0 Å². The number of rotatable bonds is 0. The number of nitrogens with two attached hydrogens (primary N) is 1. The van der Waals surface area contributed by atoms with Gasteiger partial charge in [-0.25, -0.2) is 0 Å². The Kier molecular flexibility index (Phi) is 2.35. The summed E-state index contributed by atoms with van der Waals surface area (Å²) in [4.78, 5) is 0. The molecule has 60 valence electrons. The van der Waals surface area contributed by atoms with E-state index in [0.29, 0.717) is 11.5 Å². The molecular formula is C9H19N. The van der Waals surface area contributed by atoms with Crippen molar-refractivity contribution < 1.29 is 0 Å². The maximum absolute atomic E-state index is 6.01. The van der Waals surface area contributed by atoms with Gasteiger partial charge < -0.3 is 5.73 Å². The van der Waals surface area contributed by atoms with Crippen LogP contribution in [0, 0.1) is 5.41 Å². The monoisotopic (exact) mass is 141 g/mol. The van der Waals surface area contributed by atoms with Crippen LogP contribution >= 0.6 is 0 Å². The van der Waals surface area contributed by atoms with Gasteiger partial charge in [0.05, 0.1) is 0 Å². The van der Waals surface area contributed by atoms with E-state index in [1.165, 1.54) is 32.1 Å². The molecule has 0 bridgehead atoms. The molecule has 1 fully saturated rings. The van der Waals surface area contributed by atoms with Crippen LogP contribution in [0.5, 0.6) is 0 Å². The van der Waals surface area contributed by atoms with Crippen molar-refractivity contribution in [3.63, 3.8) is 0 Å². The number of hydrogen-bond donors (Lipinski definition) is 1. The van der Waals surface area contributed by atoms with Gasteiger partial charge in [0, 0.05) is 6.04 Å². The third-order valence-electron chi connectivity index (χ3n) is 2.84. The smallest absolute Gasteiger partial charge is 0.00902 e. The van der Waals surface area contributed by atoms with Gasteiger partial charge in [-0.05, 0) is 18.3 Å². The van der Waals surface area contributed by atoms with Crippen molar-refractivity contribution in [2.45, 2.75) is 52.0 Å². The van der Waals surface area contributed by atoms with E-state index >= 15 is 0 Å². The largest absolute Gasteiger partial charge is 0.327 e. The quantitative estimate of drug-likeness (QED) is 0.515. The first kappa shape index (κ1) is 8.06. The average molecular weight is 141 g/mol. The fourth-order valence-corrected chi connectivity index (χ4v) is 1.70. The van der Waals surface area contributed by atoms with Gasteiger partial charge in [0.1, 0.15) is 0 Å². The van der Waals surface area contributed by atoms with Gasteiger partial charge in [0.25, 0.3) is 0 Å².